The van der Waals surface area contributed by atoms with Gasteiger partial charge in [0.05, 0.1) is 0 Å². The molecule has 72 valence electrons. The van der Waals surface area contributed by atoms with E-state index in [0.717, 1.165) is 12.8 Å². The van der Waals surface area contributed by atoms with Gasteiger partial charge in [0.1, 0.15) is 0 Å². The number of carbonyl (C=O) groups is 1. The Kier molecular flexibility index (Phi) is 4.90. The molecule has 0 aliphatic rings. The van der Waals surface area contributed by atoms with Gasteiger partial charge in [-0.1, -0.05) is 33.1 Å². The fourth-order valence-electron chi connectivity index (χ4n) is 1.22. The van der Waals surface area contributed by atoms with Gasteiger partial charge in [-0.3, -0.25) is 0 Å². The second-order valence-electron chi connectivity index (χ2n) is 3.19. The summed E-state index contributed by atoms with van der Waals surface area (Å²) >= 11 is 0. The van der Waals surface area contributed by atoms with Gasteiger partial charge in [0.2, 0.25) is 0 Å². The molecule has 0 aromatic heterocycles. The smallest absolute Gasteiger partial charge is 0.335 e. The standard InChI is InChI=1S/C9H18O3/c1-3-5-7-9(12,6-4-2)8(10)11/h12H,3-7H2,1-2H3,(H,10,11). The molecular formula is C9H18O3. The van der Waals surface area contributed by atoms with Crippen LogP contribution in [0.1, 0.15) is 46.0 Å². The van der Waals surface area contributed by atoms with Crippen molar-refractivity contribution in [3.63, 3.8) is 0 Å². The Labute approximate surface area is 73.4 Å². The Morgan fingerprint density at radius 2 is 1.83 bits per heavy atom. The van der Waals surface area contributed by atoms with Crippen molar-refractivity contribution in [1.82, 2.24) is 0 Å². The molecule has 1 atom stereocenters. The van der Waals surface area contributed by atoms with E-state index < -0.39 is 11.6 Å². The van der Waals surface area contributed by atoms with Gasteiger partial charge in [0.25, 0.3) is 0 Å². The van der Waals surface area contributed by atoms with E-state index in [1.165, 1.54) is 0 Å². The second kappa shape index (κ2) is 5.14. The number of hydrogen-bond donors (Lipinski definition) is 2. The van der Waals surface area contributed by atoms with Crippen LogP contribution in [0.15, 0.2) is 0 Å². The first kappa shape index (κ1) is 11.4. The van der Waals surface area contributed by atoms with Gasteiger partial charge in [-0.15, -0.1) is 0 Å². The number of aliphatic carboxylic acids is 1. The first-order valence-electron chi connectivity index (χ1n) is 4.52. The molecule has 3 nitrogen and oxygen atoms in total. The SMILES string of the molecule is CCCCC(O)(CCC)C(=O)O. The quantitative estimate of drug-likeness (QED) is 0.645. The van der Waals surface area contributed by atoms with Crippen molar-refractivity contribution in [3.05, 3.63) is 0 Å². The van der Waals surface area contributed by atoms with Gasteiger partial charge in [0.15, 0.2) is 5.60 Å². The van der Waals surface area contributed by atoms with Crippen LogP contribution >= 0.6 is 0 Å². The summed E-state index contributed by atoms with van der Waals surface area (Å²) in [5, 5.41) is 18.4. The lowest BCUT2D eigenvalue weighted by molar-refractivity contribution is -0.160. The van der Waals surface area contributed by atoms with Crippen LogP contribution in [0, 0.1) is 0 Å². The number of carboxylic acids is 1. The molecule has 0 saturated heterocycles. The van der Waals surface area contributed by atoms with E-state index in [4.69, 9.17) is 5.11 Å². The normalized spacial score (nSPS) is 15.6. The monoisotopic (exact) mass is 174 g/mol. The van der Waals surface area contributed by atoms with Crippen LogP contribution in [-0.4, -0.2) is 21.8 Å². The Morgan fingerprint density at radius 3 is 2.17 bits per heavy atom. The van der Waals surface area contributed by atoms with E-state index in [0.29, 0.717) is 19.3 Å². The van der Waals surface area contributed by atoms with Crippen LogP contribution in [-0.2, 0) is 4.79 Å². The van der Waals surface area contributed by atoms with Gasteiger partial charge in [0, 0.05) is 0 Å². The number of unbranched alkanes of at least 4 members (excludes halogenated alkanes) is 1. The van der Waals surface area contributed by atoms with Crippen LogP contribution in [0.3, 0.4) is 0 Å². The van der Waals surface area contributed by atoms with E-state index in [2.05, 4.69) is 0 Å². The predicted molar refractivity (Wildman–Crippen MR) is 47.0 cm³/mol. The molecule has 0 aliphatic carbocycles. The maximum atomic E-state index is 10.7. The summed E-state index contributed by atoms with van der Waals surface area (Å²) in [4.78, 5) is 10.7. The molecule has 0 aromatic carbocycles. The minimum absolute atomic E-state index is 0.350. The maximum absolute atomic E-state index is 10.7. The topological polar surface area (TPSA) is 57.5 Å². The van der Waals surface area contributed by atoms with Crippen molar-refractivity contribution in [2.75, 3.05) is 0 Å². The molecular weight excluding hydrogens is 156 g/mol. The van der Waals surface area contributed by atoms with Crippen LogP contribution in [0.2, 0.25) is 0 Å². The third-order valence-electron chi connectivity index (χ3n) is 2.01. The summed E-state index contributed by atoms with van der Waals surface area (Å²) in [5.41, 5.74) is -1.48. The average Bonchev–Trinajstić information content (AvgIpc) is 2.01. The highest BCUT2D eigenvalue weighted by molar-refractivity contribution is 5.76. The van der Waals surface area contributed by atoms with Crippen LogP contribution < -0.4 is 0 Å². The number of aliphatic hydroxyl groups is 1. The zero-order valence-electron chi connectivity index (χ0n) is 7.84. The third-order valence-corrected chi connectivity index (χ3v) is 2.01. The fourth-order valence-corrected chi connectivity index (χ4v) is 1.22. The number of rotatable bonds is 6. The molecule has 0 radical (unpaired) electrons. The van der Waals surface area contributed by atoms with E-state index in [-0.39, 0.29) is 0 Å². The summed E-state index contributed by atoms with van der Waals surface area (Å²) in [6, 6.07) is 0. The van der Waals surface area contributed by atoms with Crippen molar-refractivity contribution >= 4 is 5.97 Å². The molecule has 0 saturated carbocycles. The molecule has 2 N–H and O–H groups in total. The average molecular weight is 174 g/mol. The number of hydrogen-bond acceptors (Lipinski definition) is 2. The summed E-state index contributed by atoms with van der Waals surface area (Å²) in [5.74, 6) is -1.09. The molecule has 12 heavy (non-hydrogen) atoms. The Morgan fingerprint density at radius 1 is 1.25 bits per heavy atom. The zero-order valence-corrected chi connectivity index (χ0v) is 7.84. The van der Waals surface area contributed by atoms with Crippen molar-refractivity contribution in [1.29, 1.82) is 0 Å². The second-order valence-corrected chi connectivity index (χ2v) is 3.19. The molecule has 0 spiro atoms. The molecule has 3 heteroatoms. The van der Waals surface area contributed by atoms with Crippen LogP contribution in [0.4, 0.5) is 0 Å². The van der Waals surface area contributed by atoms with Crippen molar-refractivity contribution in [3.8, 4) is 0 Å². The van der Waals surface area contributed by atoms with Gasteiger partial charge >= 0.3 is 5.97 Å². The molecule has 0 aliphatic heterocycles. The minimum atomic E-state index is -1.48. The molecule has 0 aromatic rings. The Balaban J connectivity index is 4.08. The zero-order chi connectivity index (χ0) is 9.61. The summed E-state index contributed by atoms with van der Waals surface area (Å²) < 4.78 is 0. The first-order valence-corrected chi connectivity index (χ1v) is 4.52. The lowest BCUT2D eigenvalue weighted by Crippen LogP contribution is -2.38. The van der Waals surface area contributed by atoms with Gasteiger partial charge in [-0.25, -0.2) is 4.79 Å². The van der Waals surface area contributed by atoms with Crippen molar-refractivity contribution in [2.24, 2.45) is 0 Å². The summed E-state index contributed by atoms with van der Waals surface area (Å²) in [7, 11) is 0. The van der Waals surface area contributed by atoms with E-state index in [9.17, 15) is 9.90 Å². The van der Waals surface area contributed by atoms with Gasteiger partial charge in [-0.2, -0.15) is 0 Å². The molecule has 0 bridgehead atoms. The van der Waals surface area contributed by atoms with Crippen molar-refractivity contribution in [2.45, 2.75) is 51.6 Å². The number of carboxylic acid groups (broad SMARTS) is 1. The largest absolute Gasteiger partial charge is 0.479 e. The first-order chi connectivity index (χ1) is 5.56. The van der Waals surface area contributed by atoms with Gasteiger partial charge < -0.3 is 10.2 Å². The fraction of sp³-hybridized carbons (Fsp3) is 0.889. The molecule has 0 heterocycles. The highest BCUT2D eigenvalue weighted by Crippen LogP contribution is 2.20. The maximum Gasteiger partial charge on any atom is 0.335 e. The van der Waals surface area contributed by atoms with Gasteiger partial charge in [-0.05, 0) is 12.8 Å². The predicted octanol–water partition coefficient (Wildman–Crippen LogP) is 1.79. The molecule has 0 rings (SSSR count). The highest BCUT2D eigenvalue weighted by atomic mass is 16.4. The Hall–Kier alpha value is -0.570. The molecule has 0 amide bonds. The van der Waals surface area contributed by atoms with Crippen LogP contribution in [0.25, 0.3) is 0 Å². The van der Waals surface area contributed by atoms with E-state index in [1.807, 2.05) is 13.8 Å². The molecule has 1 unspecified atom stereocenters. The summed E-state index contributed by atoms with van der Waals surface area (Å²) in [6.45, 7) is 3.86. The third kappa shape index (κ3) is 3.22. The van der Waals surface area contributed by atoms with E-state index in [1.54, 1.807) is 0 Å². The van der Waals surface area contributed by atoms with Crippen molar-refractivity contribution < 1.29 is 15.0 Å². The Bertz CT molecular complexity index is 145. The lowest BCUT2D eigenvalue weighted by atomic mass is 9.92. The van der Waals surface area contributed by atoms with E-state index >= 15 is 0 Å². The van der Waals surface area contributed by atoms with Crippen LogP contribution in [0.5, 0.6) is 0 Å². The lowest BCUT2D eigenvalue weighted by Gasteiger charge is -2.22. The highest BCUT2D eigenvalue weighted by Gasteiger charge is 2.33. The summed E-state index contributed by atoms with van der Waals surface area (Å²) in [6.07, 6.45) is 3.10. The minimum Gasteiger partial charge on any atom is -0.479 e. The molecule has 0 fully saturated rings.